The number of nitrogen functional groups attached to an aromatic ring is 1. The van der Waals surface area contributed by atoms with E-state index in [0.717, 1.165) is 10.2 Å². The Morgan fingerprint density at radius 3 is 3.07 bits per heavy atom. The van der Waals surface area contributed by atoms with E-state index in [-0.39, 0.29) is 12.5 Å². The summed E-state index contributed by atoms with van der Waals surface area (Å²) in [6.07, 6.45) is 0. The summed E-state index contributed by atoms with van der Waals surface area (Å²) in [4.78, 5) is 15.2. The molecule has 0 saturated carbocycles. The van der Waals surface area contributed by atoms with Gasteiger partial charge in [0, 0.05) is 5.69 Å². The highest BCUT2D eigenvalue weighted by atomic mass is 32.1. The number of hydrogen-bond donors (Lipinski definition) is 3. The average molecular weight is 222 g/mol. The molecule has 1 heterocycles. The lowest BCUT2D eigenvalue weighted by Gasteiger charge is -2.02. The topological polar surface area (TPSA) is 94.0 Å². The summed E-state index contributed by atoms with van der Waals surface area (Å²) < 4.78 is 0.947. The molecule has 6 heteroatoms. The van der Waals surface area contributed by atoms with E-state index >= 15 is 0 Å². The Morgan fingerprint density at radius 1 is 1.53 bits per heavy atom. The Labute approximate surface area is 90.1 Å². The Morgan fingerprint density at radius 2 is 2.33 bits per heavy atom. The minimum absolute atomic E-state index is 0.0249. The van der Waals surface area contributed by atoms with E-state index in [2.05, 4.69) is 10.3 Å². The van der Waals surface area contributed by atoms with Crippen LogP contribution in [-0.2, 0) is 4.79 Å². The predicted octanol–water partition coefficient (Wildman–Crippen LogP) is 0.776. The molecule has 2 rings (SSSR count). The molecule has 1 amide bonds. The van der Waals surface area contributed by atoms with Gasteiger partial charge < -0.3 is 16.8 Å². The molecule has 1 aromatic carbocycles. The van der Waals surface area contributed by atoms with Crippen LogP contribution in [0.15, 0.2) is 18.2 Å². The number of nitrogens with zero attached hydrogens (tertiary/aromatic N) is 1. The summed E-state index contributed by atoms with van der Waals surface area (Å²) in [5.74, 6) is -0.216. The second-order valence-electron chi connectivity index (χ2n) is 2.99. The SMILES string of the molecule is NCC(=O)Nc1ccc2nc(N)sc2c1. The van der Waals surface area contributed by atoms with E-state index in [1.54, 1.807) is 6.07 Å². The first kappa shape index (κ1) is 9.88. The Balaban J connectivity index is 2.33. The molecule has 0 aliphatic heterocycles. The standard InChI is InChI=1S/C9H10N4OS/c10-4-8(14)12-5-1-2-6-7(3-5)15-9(11)13-6/h1-3H,4,10H2,(H2,11,13)(H,12,14). The van der Waals surface area contributed by atoms with Gasteiger partial charge in [-0.3, -0.25) is 4.79 Å². The van der Waals surface area contributed by atoms with Gasteiger partial charge in [0.05, 0.1) is 16.8 Å². The fraction of sp³-hybridized carbons (Fsp3) is 0.111. The quantitative estimate of drug-likeness (QED) is 0.699. The third kappa shape index (κ3) is 2.05. The molecule has 78 valence electrons. The summed E-state index contributed by atoms with van der Waals surface area (Å²) >= 11 is 1.39. The second-order valence-corrected chi connectivity index (χ2v) is 4.05. The Bertz CT molecular complexity index is 508. The maximum atomic E-state index is 11.0. The molecule has 0 spiro atoms. The monoisotopic (exact) mass is 222 g/mol. The zero-order chi connectivity index (χ0) is 10.8. The maximum absolute atomic E-state index is 11.0. The number of carbonyl (C=O) groups excluding carboxylic acids is 1. The molecular weight excluding hydrogens is 212 g/mol. The number of anilines is 2. The van der Waals surface area contributed by atoms with Gasteiger partial charge in [-0.2, -0.15) is 0 Å². The number of benzene rings is 1. The van der Waals surface area contributed by atoms with Crippen molar-refractivity contribution in [1.29, 1.82) is 0 Å². The largest absolute Gasteiger partial charge is 0.375 e. The van der Waals surface area contributed by atoms with Gasteiger partial charge in [-0.1, -0.05) is 11.3 Å². The van der Waals surface area contributed by atoms with Gasteiger partial charge in [0.25, 0.3) is 0 Å². The smallest absolute Gasteiger partial charge is 0.238 e. The van der Waals surface area contributed by atoms with E-state index < -0.39 is 0 Å². The predicted molar refractivity (Wildman–Crippen MR) is 61.7 cm³/mol. The van der Waals surface area contributed by atoms with Crippen LogP contribution in [0.2, 0.25) is 0 Å². The fourth-order valence-electron chi connectivity index (χ4n) is 1.23. The van der Waals surface area contributed by atoms with E-state index in [9.17, 15) is 4.79 Å². The van der Waals surface area contributed by atoms with Crippen molar-refractivity contribution in [3.63, 3.8) is 0 Å². The van der Waals surface area contributed by atoms with Gasteiger partial charge in [-0.25, -0.2) is 4.98 Å². The molecule has 0 unspecified atom stereocenters. The van der Waals surface area contributed by atoms with Crippen LogP contribution in [-0.4, -0.2) is 17.4 Å². The maximum Gasteiger partial charge on any atom is 0.238 e. The molecule has 1 aromatic heterocycles. The lowest BCUT2D eigenvalue weighted by molar-refractivity contribution is -0.114. The first-order valence-corrected chi connectivity index (χ1v) is 5.16. The summed E-state index contributed by atoms with van der Waals surface area (Å²) in [5.41, 5.74) is 12.3. The minimum atomic E-state index is -0.216. The van der Waals surface area contributed by atoms with Crippen LogP contribution in [0.4, 0.5) is 10.8 Å². The van der Waals surface area contributed by atoms with E-state index in [1.807, 2.05) is 12.1 Å². The van der Waals surface area contributed by atoms with Gasteiger partial charge in [0.15, 0.2) is 5.13 Å². The molecule has 2 aromatic rings. The number of fused-ring (bicyclic) bond motifs is 1. The molecule has 5 N–H and O–H groups in total. The number of rotatable bonds is 2. The highest BCUT2D eigenvalue weighted by molar-refractivity contribution is 7.22. The van der Waals surface area contributed by atoms with Crippen molar-refractivity contribution in [2.45, 2.75) is 0 Å². The van der Waals surface area contributed by atoms with Crippen molar-refractivity contribution in [3.8, 4) is 0 Å². The highest BCUT2D eigenvalue weighted by Gasteiger charge is 2.03. The minimum Gasteiger partial charge on any atom is -0.375 e. The summed E-state index contributed by atoms with van der Waals surface area (Å²) in [6.45, 7) is -0.0249. The first-order valence-electron chi connectivity index (χ1n) is 4.35. The third-order valence-corrected chi connectivity index (χ3v) is 2.72. The lowest BCUT2D eigenvalue weighted by atomic mass is 10.3. The summed E-state index contributed by atoms with van der Waals surface area (Å²) in [6, 6.07) is 5.42. The summed E-state index contributed by atoms with van der Waals surface area (Å²) in [7, 11) is 0. The van der Waals surface area contributed by atoms with Crippen molar-refractivity contribution in [1.82, 2.24) is 4.98 Å². The Hall–Kier alpha value is -1.66. The number of carbonyl (C=O) groups is 1. The lowest BCUT2D eigenvalue weighted by Crippen LogP contribution is -2.21. The van der Waals surface area contributed by atoms with Crippen LogP contribution in [0, 0.1) is 0 Å². The van der Waals surface area contributed by atoms with Crippen LogP contribution in [0.3, 0.4) is 0 Å². The first-order chi connectivity index (χ1) is 7.19. The molecular formula is C9H10N4OS. The zero-order valence-corrected chi connectivity index (χ0v) is 8.67. The van der Waals surface area contributed by atoms with Crippen LogP contribution in [0.1, 0.15) is 0 Å². The normalized spacial score (nSPS) is 10.5. The number of thiazole rings is 1. The van der Waals surface area contributed by atoms with Crippen LogP contribution >= 0.6 is 11.3 Å². The molecule has 0 saturated heterocycles. The van der Waals surface area contributed by atoms with Gasteiger partial charge in [-0.15, -0.1) is 0 Å². The Kier molecular flexibility index (Phi) is 2.53. The summed E-state index contributed by atoms with van der Waals surface area (Å²) in [5, 5.41) is 3.19. The number of aromatic nitrogens is 1. The van der Waals surface area contributed by atoms with Crippen LogP contribution in [0.25, 0.3) is 10.2 Å². The van der Waals surface area contributed by atoms with Crippen LogP contribution in [0.5, 0.6) is 0 Å². The number of nitrogens with one attached hydrogen (secondary N) is 1. The molecule has 0 fully saturated rings. The molecule has 5 nitrogen and oxygen atoms in total. The van der Waals surface area contributed by atoms with E-state index in [4.69, 9.17) is 11.5 Å². The average Bonchev–Trinajstić information content (AvgIpc) is 2.57. The van der Waals surface area contributed by atoms with Crippen molar-refractivity contribution in [2.24, 2.45) is 5.73 Å². The number of hydrogen-bond acceptors (Lipinski definition) is 5. The molecule has 0 atom stereocenters. The van der Waals surface area contributed by atoms with E-state index in [0.29, 0.717) is 10.8 Å². The van der Waals surface area contributed by atoms with Crippen LogP contribution < -0.4 is 16.8 Å². The third-order valence-electron chi connectivity index (χ3n) is 1.87. The van der Waals surface area contributed by atoms with Crippen molar-refractivity contribution < 1.29 is 4.79 Å². The van der Waals surface area contributed by atoms with Gasteiger partial charge >= 0.3 is 0 Å². The molecule has 15 heavy (non-hydrogen) atoms. The highest BCUT2D eigenvalue weighted by Crippen LogP contribution is 2.26. The van der Waals surface area contributed by atoms with Gasteiger partial charge in [-0.05, 0) is 18.2 Å². The second kappa shape index (κ2) is 3.84. The molecule has 0 aliphatic carbocycles. The van der Waals surface area contributed by atoms with Gasteiger partial charge in [0.1, 0.15) is 0 Å². The molecule has 0 aliphatic rings. The number of nitrogens with two attached hydrogens (primary N) is 2. The molecule has 0 bridgehead atoms. The van der Waals surface area contributed by atoms with E-state index in [1.165, 1.54) is 11.3 Å². The fourth-order valence-corrected chi connectivity index (χ4v) is 2.01. The molecule has 0 radical (unpaired) electrons. The van der Waals surface area contributed by atoms with Crippen molar-refractivity contribution >= 4 is 38.3 Å². The van der Waals surface area contributed by atoms with Crippen molar-refractivity contribution in [2.75, 3.05) is 17.6 Å². The zero-order valence-electron chi connectivity index (χ0n) is 7.86. The van der Waals surface area contributed by atoms with Crippen molar-refractivity contribution in [3.05, 3.63) is 18.2 Å². The van der Waals surface area contributed by atoms with Gasteiger partial charge in [0.2, 0.25) is 5.91 Å². The number of amides is 1.